The van der Waals surface area contributed by atoms with Crippen LogP contribution in [0.3, 0.4) is 0 Å². The Bertz CT molecular complexity index is 1440. The maximum absolute atomic E-state index is 13.0. The van der Waals surface area contributed by atoms with E-state index in [0.29, 0.717) is 28.5 Å². The molecule has 0 spiro atoms. The standard InChI is InChI=1S/C30H32ClN5O3/c1-2-36-20-27(34-30(38)32-18-21-5-9-24(31)10-6-21)26-17-25(11-12-28(26)36)33-29(37)23-7-3-22(4-8-23)19-35-13-15-39-16-14-35/h3-12,17,20H,2,13-16,18-19H2,1H3,(H,33,37)(H2,32,34,38). The Kier molecular flexibility index (Phi) is 8.46. The van der Waals surface area contributed by atoms with Gasteiger partial charge in [0, 0.05) is 60.6 Å². The zero-order chi connectivity index (χ0) is 27.2. The summed E-state index contributed by atoms with van der Waals surface area (Å²) in [6.45, 7) is 7.38. The maximum atomic E-state index is 13.0. The van der Waals surface area contributed by atoms with Gasteiger partial charge in [0.1, 0.15) is 0 Å². The SMILES string of the molecule is CCn1cc(NC(=O)NCc2ccc(Cl)cc2)c2cc(NC(=O)c3ccc(CN4CCOCC4)cc3)ccc21. The van der Waals surface area contributed by atoms with Crippen molar-refractivity contribution in [3.63, 3.8) is 0 Å². The highest BCUT2D eigenvalue weighted by atomic mass is 35.5. The number of aryl methyl sites for hydroxylation is 1. The number of carbonyl (C=O) groups is 2. The van der Waals surface area contributed by atoms with E-state index in [2.05, 4.69) is 25.4 Å². The molecule has 0 unspecified atom stereocenters. The van der Waals surface area contributed by atoms with Crippen LogP contribution in [0.4, 0.5) is 16.2 Å². The molecule has 0 radical (unpaired) electrons. The predicted molar refractivity (Wildman–Crippen MR) is 155 cm³/mol. The van der Waals surface area contributed by atoms with Gasteiger partial charge in [0.25, 0.3) is 5.91 Å². The first-order valence-electron chi connectivity index (χ1n) is 13.1. The zero-order valence-corrected chi connectivity index (χ0v) is 22.6. The predicted octanol–water partition coefficient (Wildman–Crippen LogP) is 5.72. The van der Waals surface area contributed by atoms with Gasteiger partial charge in [0.15, 0.2) is 0 Å². The number of amides is 3. The van der Waals surface area contributed by atoms with E-state index in [4.69, 9.17) is 16.3 Å². The molecule has 1 fully saturated rings. The van der Waals surface area contributed by atoms with Gasteiger partial charge in [-0.15, -0.1) is 0 Å². The Hall–Kier alpha value is -3.85. The normalized spacial score (nSPS) is 13.8. The number of morpholine rings is 1. The third-order valence-corrected chi connectivity index (χ3v) is 7.07. The molecule has 0 saturated carbocycles. The number of anilines is 2. The Balaban J connectivity index is 1.25. The van der Waals surface area contributed by atoms with E-state index in [9.17, 15) is 9.59 Å². The van der Waals surface area contributed by atoms with Crippen molar-refractivity contribution in [2.75, 3.05) is 36.9 Å². The van der Waals surface area contributed by atoms with Crippen LogP contribution in [0.25, 0.3) is 10.9 Å². The fourth-order valence-corrected chi connectivity index (χ4v) is 4.80. The quantitative estimate of drug-likeness (QED) is 0.264. The summed E-state index contributed by atoms with van der Waals surface area (Å²) in [7, 11) is 0. The summed E-state index contributed by atoms with van der Waals surface area (Å²) in [4.78, 5) is 28.0. The number of hydrogen-bond donors (Lipinski definition) is 3. The number of benzene rings is 3. The summed E-state index contributed by atoms with van der Waals surface area (Å²) < 4.78 is 7.47. The highest BCUT2D eigenvalue weighted by Gasteiger charge is 2.14. The first-order valence-corrected chi connectivity index (χ1v) is 13.5. The molecule has 2 heterocycles. The number of nitrogens with one attached hydrogen (secondary N) is 3. The van der Waals surface area contributed by atoms with Crippen molar-refractivity contribution >= 4 is 45.8 Å². The molecule has 3 N–H and O–H groups in total. The fourth-order valence-electron chi connectivity index (χ4n) is 4.67. The highest BCUT2D eigenvalue weighted by Crippen LogP contribution is 2.29. The minimum absolute atomic E-state index is 0.183. The monoisotopic (exact) mass is 545 g/mol. The van der Waals surface area contributed by atoms with Crippen LogP contribution in [0.2, 0.25) is 5.02 Å². The number of aromatic nitrogens is 1. The van der Waals surface area contributed by atoms with Gasteiger partial charge >= 0.3 is 6.03 Å². The van der Waals surface area contributed by atoms with Crippen LogP contribution in [0.5, 0.6) is 0 Å². The molecule has 39 heavy (non-hydrogen) atoms. The van der Waals surface area contributed by atoms with Gasteiger partial charge in [-0.3, -0.25) is 9.69 Å². The van der Waals surface area contributed by atoms with Crippen molar-refractivity contribution in [1.82, 2.24) is 14.8 Å². The lowest BCUT2D eigenvalue weighted by Crippen LogP contribution is -2.35. The molecule has 1 saturated heterocycles. The first kappa shape index (κ1) is 26.7. The number of halogens is 1. The third-order valence-electron chi connectivity index (χ3n) is 6.82. The van der Waals surface area contributed by atoms with Crippen molar-refractivity contribution in [3.8, 4) is 0 Å². The molecule has 0 aliphatic carbocycles. The smallest absolute Gasteiger partial charge is 0.319 e. The fraction of sp³-hybridized carbons (Fsp3) is 0.267. The second-order valence-corrected chi connectivity index (χ2v) is 9.97. The average molecular weight is 546 g/mol. The molecule has 1 aliphatic heterocycles. The van der Waals surface area contributed by atoms with Crippen molar-refractivity contribution in [2.24, 2.45) is 0 Å². The van der Waals surface area contributed by atoms with E-state index in [1.165, 1.54) is 5.56 Å². The molecule has 3 aromatic carbocycles. The van der Waals surface area contributed by atoms with Crippen LogP contribution in [0.15, 0.2) is 72.9 Å². The van der Waals surface area contributed by atoms with Gasteiger partial charge in [-0.05, 0) is 60.5 Å². The Labute approximate surface area is 232 Å². The molecule has 5 rings (SSSR count). The van der Waals surface area contributed by atoms with Crippen LogP contribution in [0, 0.1) is 0 Å². The van der Waals surface area contributed by atoms with Crippen molar-refractivity contribution < 1.29 is 14.3 Å². The molecule has 0 atom stereocenters. The third kappa shape index (κ3) is 6.78. The van der Waals surface area contributed by atoms with E-state index >= 15 is 0 Å². The number of urea groups is 1. The molecule has 1 aromatic heterocycles. The van der Waals surface area contributed by atoms with E-state index in [0.717, 1.165) is 55.9 Å². The van der Waals surface area contributed by atoms with E-state index < -0.39 is 0 Å². The molecular formula is C30H32ClN5O3. The van der Waals surface area contributed by atoms with Crippen LogP contribution < -0.4 is 16.0 Å². The Morgan fingerprint density at radius 1 is 0.923 bits per heavy atom. The van der Waals surface area contributed by atoms with Gasteiger partial charge in [0.2, 0.25) is 0 Å². The minimum Gasteiger partial charge on any atom is -0.379 e. The molecule has 9 heteroatoms. The largest absolute Gasteiger partial charge is 0.379 e. The lowest BCUT2D eigenvalue weighted by Gasteiger charge is -2.26. The molecule has 3 amide bonds. The van der Waals surface area contributed by atoms with Crippen LogP contribution in [-0.2, 0) is 24.4 Å². The van der Waals surface area contributed by atoms with Gasteiger partial charge in [-0.25, -0.2) is 4.79 Å². The molecular weight excluding hydrogens is 514 g/mol. The summed E-state index contributed by atoms with van der Waals surface area (Å²) in [5.41, 5.74) is 5.00. The van der Waals surface area contributed by atoms with Gasteiger partial charge in [0.05, 0.1) is 24.4 Å². The summed E-state index contributed by atoms with van der Waals surface area (Å²) in [5.74, 6) is -0.183. The number of nitrogens with zero attached hydrogens (tertiary/aromatic N) is 2. The number of carbonyl (C=O) groups excluding carboxylic acids is 2. The lowest BCUT2D eigenvalue weighted by atomic mass is 10.1. The zero-order valence-electron chi connectivity index (χ0n) is 21.9. The van der Waals surface area contributed by atoms with Crippen molar-refractivity contribution in [1.29, 1.82) is 0 Å². The number of hydrogen-bond acceptors (Lipinski definition) is 4. The number of rotatable bonds is 8. The van der Waals surface area contributed by atoms with Crippen LogP contribution >= 0.6 is 11.6 Å². The molecule has 8 nitrogen and oxygen atoms in total. The Morgan fingerprint density at radius 2 is 1.64 bits per heavy atom. The van der Waals surface area contributed by atoms with Crippen molar-refractivity contribution in [2.45, 2.75) is 26.6 Å². The maximum Gasteiger partial charge on any atom is 0.319 e. The molecule has 4 aromatic rings. The van der Waals surface area contributed by atoms with Crippen LogP contribution in [0.1, 0.15) is 28.4 Å². The van der Waals surface area contributed by atoms with E-state index in [-0.39, 0.29) is 11.9 Å². The molecule has 1 aliphatic rings. The summed E-state index contributed by atoms with van der Waals surface area (Å²) in [6, 6.07) is 20.5. The first-order chi connectivity index (χ1) is 19.0. The number of fused-ring (bicyclic) bond motifs is 1. The lowest BCUT2D eigenvalue weighted by molar-refractivity contribution is 0.0342. The van der Waals surface area contributed by atoms with Gasteiger partial charge in [-0.1, -0.05) is 35.9 Å². The molecule has 0 bridgehead atoms. The summed E-state index contributed by atoms with van der Waals surface area (Å²) >= 11 is 5.94. The van der Waals surface area contributed by atoms with Crippen molar-refractivity contribution in [3.05, 3.63) is 94.6 Å². The highest BCUT2D eigenvalue weighted by molar-refractivity contribution is 6.30. The summed E-state index contributed by atoms with van der Waals surface area (Å²) in [5, 5.41) is 10.3. The van der Waals surface area contributed by atoms with Gasteiger partial charge < -0.3 is 25.3 Å². The second-order valence-electron chi connectivity index (χ2n) is 9.53. The summed E-state index contributed by atoms with van der Waals surface area (Å²) in [6.07, 6.45) is 1.91. The van der Waals surface area contributed by atoms with E-state index in [1.54, 1.807) is 12.1 Å². The number of ether oxygens (including phenoxy) is 1. The Morgan fingerprint density at radius 3 is 2.36 bits per heavy atom. The minimum atomic E-state index is -0.313. The van der Waals surface area contributed by atoms with Crippen LogP contribution in [-0.4, -0.2) is 47.7 Å². The topological polar surface area (TPSA) is 87.6 Å². The average Bonchev–Trinajstić information content (AvgIpc) is 3.30. The second kappa shape index (κ2) is 12.3. The van der Waals surface area contributed by atoms with E-state index in [1.807, 2.05) is 67.7 Å². The van der Waals surface area contributed by atoms with Gasteiger partial charge in [-0.2, -0.15) is 0 Å². The molecule has 202 valence electrons.